The minimum absolute atomic E-state index is 0.0294. The van der Waals surface area contributed by atoms with Crippen LogP contribution >= 0.6 is 0 Å². The van der Waals surface area contributed by atoms with E-state index in [-0.39, 0.29) is 5.82 Å². The van der Waals surface area contributed by atoms with Gasteiger partial charge in [0.15, 0.2) is 0 Å². The Morgan fingerprint density at radius 2 is 2.00 bits per heavy atom. The van der Waals surface area contributed by atoms with Gasteiger partial charge < -0.3 is 5.32 Å². The normalized spacial score (nSPS) is 20.3. The molecule has 15 heavy (non-hydrogen) atoms. The van der Waals surface area contributed by atoms with Gasteiger partial charge in [-0.1, -0.05) is 6.07 Å². The van der Waals surface area contributed by atoms with Crippen LogP contribution < -0.4 is 5.32 Å². The second kappa shape index (κ2) is 3.51. The van der Waals surface area contributed by atoms with E-state index in [0.717, 1.165) is 36.6 Å². The van der Waals surface area contributed by atoms with Crippen molar-refractivity contribution >= 4 is 5.69 Å². The summed E-state index contributed by atoms with van der Waals surface area (Å²) in [6.07, 6.45) is 4.98. The molecule has 0 aromatic heterocycles. The number of anilines is 1. The summed E-state index contributed by atoms with van der Waals surface area (Å²) in [5, 5.41) is 3.29. The van der Waals surface area contributed by atoms with Gasteiger partial charge in [0.2, 0.25) is 0 Å². The molecule has 1 aromatic carbocycles. The van der Waals surface area contributed by atoms with E-state index in [1.54, 1.807) is 6.07 Å². The van der Waals surface area contributed by atoms with E-state index in [4.69, 9.17) is 0 Å². The van der Waals surface area contributed by atoms with Crippen LogP contribution in [0.2, 0.25) is 0 Å². The Morgan fingerprint density at radius 3 is 2.60 bits per heavy atom. The highest BCUT2D eigenvalue weighted by atomic mass is 19.1. The van der Waals surface area contributed by atoms with Gasteiger partial charge in [-0.25, -0.2) is 4.39 Å². The summed E-state index contributed by atoms with van der Waals surface area (Å²) in [6.45, 7) is 1.00. The molecule has 0 bridgehead atoms. The molecule has 2 aliphatic carbocycles. The predicted octanol–water partition coefficient (Wildman–Crippen LogP) is 3.53. The predicted molar refractivity (Wildman–Crippen MR) is 59.6 cm³/mol. The highest BCUT2D eigenvalue weighted by Gasteiger charge is 2.26. The highest BCUT2D eigenvalue weighted by Crippen LogP contribution is 2.41. The summed E-state index contributed by atoms with van der Waals surface area (Å²) in [5.74, 6) is 1.30. The van der Waals surface area contributed by atoms with Crippen molar-refractivity contribution in [2.75, 3.05) is 11.9 Å². The minimum Gasteiger partial charge on any atom is -0.385 e. The molecule has 0 radical (unpaired) electrons. The van der Waals surface area contributed by atoms with Gasteiger partial charge in [-0.05, 0) is 55.2 Å². The Bertz CT molecular complexity index is 367. The quantitative estimate of drug-likeness (QED) is 0.793. The largest absolute Gasteiger partial charge is 0.385 e. The molecule has 80 valence electrons. The van der Waals surface area contributed by atoms with Crippen LogP contribution in [0.1, 0.15) is 37.2 Å². The third kappa shape index (κ3) is 2.14. The van der Waals surface area contributed by atoms with Crippen molar-refractivity contribution in [2.45, 2.75) is 31.6 Å². The van der Waals surface area contributed by atoms with Gasteiger partial charge in [-0.2, -0.15) is 0 Å². The number of benzene rings is 1. The average Bonchev–Trinajstić information content (AvgIpc) is 3.09. The molecule has 0 amide bonds. The van der Waals surface area contributed by atoms with Crippen molar-refractivity contribution in [3.05, 3.63) is 29.6 Å². The topological polar surface area (TPSA) is 12.0 Å². The fourth-order valence-corrected chi connectivity index (χ4v) is 1.95. The Morgan fingerprint density at radius 1 is 1.20 bits per heavy atom. The van der Waals surface area contributed by atoms with Crippen molar-refractivity contribution in [3.63, 3.8) is 0 Å². The monoisotopic (exact) mass is 205 g/mol. The fourth-order valence-electron chi connectivity index (χ4n) is 1.95. The van der Waals surface area contributed by atoms with Crippen LogP contribution in [0.15, 0.2) is 18.2 Å². The van der Waals surface area contributed by atoms with Crippen LogP contribution in [-0.2, 0) is 0 Å². The van der Waals surface area contributed by atoms with Crippen molar-refractivity contribution in [3.8, 4) is 0 Å². The lowest BCUT2D eigenvalue weighted by Gasteiger charge is -2.07. The zero-order valence-corrected chi connectivity index (χ0v) is 8.80. The van der Waals surface area contributed by atoms with E-state index in [1.807, 2.05) is 12.1 Å². The van der Waals surface area contributed by atoms with E-state index < -0.39 is 0 Å². The number of hydrogen-bond acceptors (Lipinski definition) is 1. The van der Waals surface area contributed by atoms with Gasteiger partial charge in [0, 0.05) is 12.2 Å². The van der Waals surface area contributed by atoms with E-state index in [9.17, 15) is 4.39 Å². The Kier molecular flexibility index (Phi) is 2.15. The van der Waals surface area contributed by atoms with Crippen LogP contribution in [0.4, 0.5) is 10.1 Å². The second-order valence-electron chi connectivity index (χ2n) is 4.83. The number of hydrogen-bond donors (Lipinski definition) is 1. The third-order valence-electron chi connectivity index (χ3n) is 3.31. The summed E-state index contributed by atoms with van der Waals surface area (Å²) in [7, 11) is 0. The number of halogens is 1. The van der Waals surface area contributed by atoms with E-state index in [2.05, 4.69) is 5.32 Å². The summed E-state index contributed by atoms with van der Waals surface area (Å²) in [5.41, 5.74) is 1.84. The van der Waals surface area contributed by atoms with Crippen molar-refractivity contribution < 1.29 is 4.39 Å². The minimum atomic E-state index is -0.0294. The molecule has 0 saturated heterocycles. The van der Waals surface area contributed by atoms with Crippen LogP contribution in [-0.4, -0.2) is 6.54 Å². The molecule has 3 rings (SSSR count). The molecular formula is C13H16FN. The fraction of sp³-hybridized carbons (Fsp3) is 0.538. The van der Waals surface area contributed by atoms with E-state index >= 15 is 0 Å². The summed E-state index contributed by atoms with van der Waals surface area (Å²) in [6, 6.07) is 5.61. The molecule has 0 spiro atoms. The summed E-state index contributed by atoms with van der Waals surface area (Å²) in [4.78, 5) is 0. The zero-order valence-electron chi connectivity index (χ0n) is 8.80. The maximum atomic E-state index is 13.6. The Hall–Kier alpha value is -1.05. The first-order valence-electron chi connectivity index (χ1n) is 5.86. The van der Waals surface area contributed by atoms with Crippen LogP contribution in [0.3, 0.4) is 0 Å². The first-order valence-corrected chi connectivity index (χ1v) is 5.86. The van der Waals surface area contributed by atoms with Crippen molar-refractivity contribution in [1.29, 1.82) is 0 Å². The first kappa shape index (κ1) is 9.20. The average molecular weight is 205 g/mol. The molecule has 2 aliphatic rings. The highest BCUT2D eigenvalue weighted by molar-refractivity contribution is 5.46. The van der Waals surface area contributed by atoms with Gasteiger partial charge in [0.25, 0.3) is 0 Å². The lowest BCUT2D eigenvalue weighted by atomic mass is 10.1. The van der Waals surface area contributed by atoms with Crippen LogP contribution in [0.25, 0.3) is 0 Å². The van der Waals surface area contributed by atoms with E-state index in [1.165, 1.54) is 12.8 Å². The molecular weight excluding hydrogens is 189 g/mol. The first-order chi connectivity index (χ1) is 7.33. The maximum Gasteiger partial charge on any atom is 0.128 e. The van der Waals surface area contributed by atoms with Gasteiger partial charge in [-0.15, -0.1) is 0 Å². The third-order valence-corrected chi connectivity index (χ3v) is 3.31. The Labute approximate surface area is 89.7 Å². The Balaban J connectivity index is 1.69. The standard InChI is InChI=1S/C13H16FN/c14-13-7-11(15-8-9-1-2-9)5-6-12(13)10-3-4-10/h5-7,9-10,15H,1-4,8H2. The molecule has 0 heterocycles. The summed E-state index contributed by atoms with van der Waals surface area (Å²) >= 11 is 0. The molecule has 1 nitrogen and oxygen atoms in total. The zero-order chi connectivity index (χ0) is 10.3. The number of nitrogens with one attached hydrogen (secondary N) is 1. The van der Waals surface area contributed by atoms with Crippen LogP contribution in [0.5, 0.6) is 0 Å². The molecule has 2 saturated carbocycles. The van der Waals surface area contributed by atoms with Gasteiger partial charge in [0.05, 0.1) is 0 Å². The SMILES string of the molecule is Fc1cc(NCC2CC2)ccc1C1CC1. The van der Waals surface area contributed by atoms with Crippen molar-refractivity contribution in [1.82, 2.24) is 0 Å². The van der Waals surface area contributed by atoms with Gasteiger partial charge >= 0.3 is 0 Å². The summed E-state index contributed by atoms with van der Waals surface area (Å²) < 4.78 is 13.6. The van der Waals surface area contributed by atoms with Crippen molar-refractivity contribution in [2.24, 2.45) is 5.92 Å². The molecule has 2 fully saturated rings. The smallest absolute Gasteiger partial charge is 0.128 e. The number of rotatable bonds is 4. The second-order valence-corrected chi connectivity index (χ2v) is 4.83. The lowest BCUT2D eigenvalue weighted by Crippen LogP contribution is -2.03. The van der Waals surface area contributed by atoms with E-state index in [0.29, 0.717) is 5.92 Å². The van der Waals surface area contributed by atoms with Crippen LogP contribution in [0, 0.1) is 11.7 Å². The van der Waals surface area contributed by atoms with Gasteiger partial charge in [0.1, 0.15) is 5.82 Å². The molecule has 2 heteroatoms. The molecule has 0 aliphatic heterocycles. The molecule has 1 aromatic rings. The van der Waals surface area contributed by atoms with Gasteiger partial charge in [-0.3, -0.25) is 0 Å². The molecule has 1 N–H and O–H groups in total. The lowest BCUT2D eigenvalue weighted by molar-refractivity contribution is 0.611. The maximum absolute atomic E-state index is 13.6. The molecule has 0 unspecified atom stereocenters. The molecule has 0 atom stereocenters.